The molecule has 3 nitrogen and oxygen atoms in total. The Balaban J connectivity index is 2.01. The Labute approximate surface area is 128 Å². The topological polar surface area (TPSA) is 38.3 Å². The van der Waals surface area contributed by atoms with Crippen LogP contribution < -0.4 is 5.32 Å². The number of nitrogens with one attached hydrogen (secondary N) is 1. The maximum atomic E-state index is 11.3. The highest BCUT2D eigenvalue weighted by molar-refractivity contribution is 7.84. The average molecular weight is 303 g/mol. The van der Waals surface area contributed by atoms with E-state index in [4.69, 9.17) is 4.74 Å². The van der Waals surface area contributed by atoms with Gasteiger partial charge in [-0.2, -0.15) is 0 Å². The Morgan fingerprint density at radius 1 is 1.19 bits per heavy atom. The Hall–Kier alpha value is -1.65. The summed E-state index contributed by atoms with van der Waals surface area (Å²) in [5.41, 5.74) is 3.38. The van der Waals surface area contributed by atoms with Gasteiger partial charge in [-0.25, -0.2) is 0 Å². The SMILES string of the molecule is CO[C@@H](C)c1cccc(NCc2ccc([S@@](C)=O)cc2)c1. The minimum absolute atomic E-state index is 0.0885. The first-order valence-electron chi connectivity index (χ1n) is 6.89. The van der Waals surface area contributed by atoms with E-state index >= 15 is 0 Å². The number of hydrogen-bond acceptors (Lipinski definition) is 3. The summed E-state index contributed by atoms with van der Waals surface area (Å²) in [5, 5.41) is 3.40. The lowest BCUT2D eigenvalue weighted by Gasteiger charge is -2.12. The van der Waals surface area contributed by atoms with Crippen LogP contribution in [-0.2, 0) is 22.1 Å². The summed E-state index contributed by atoms with van der Waals surface area (Å²) in [7, 11) is 0.791. The largest absolute Gasteiger partial charge is 0.381 e. The van der Waals surface area contributed by atoms with Gasteiger partial charge < -0.3 is 10.1 Å². The normalized spacial score (nSPS) is 13.7. The molecular weight excluding hydrogens is 282 g/mol. The van der Waals surface area contributed by atoms with Gasteiger partial charge in [0.25, 0.3) is 0 Å². The second-order valence-electron chi connectivity index (χ2n) is 4.96. The lowest BCUT2D eigenvalue weighted by atomic mass is 10.1. The van der Waals surface area contributed by atoms with Gasteiger partial charge in [-0.3, -0.25) is 4.21 Å². The fraction of sp³-hybridized carbons (Fsp3) is 0.294. The molecule has 2 atom stereocenters. The number of hydrogen-bond donors (Lipinski definition) is 1. The fourth-order valence-corrected chi connectivity index (χ4v) is 2.56. The lowest BCUT2D eigenvalue weighted by Crippen LogP contribution is -2.01. The zero-order valence-corrected chi connectivity index (χ0v) is 13.4. The first-order chi connectivity index (χ1) is 10.1. The molecule has 0 fully saturated rings. The van der Waals surface area contributed by atoms with Crippen LogP contribution in [-0.4, -0.2) is 17.6 Å². The zero-order chi connectivity index (χ0) is 15.2. The van der Waals surface area contributed by atoms with E-state index in [-0.39, 0.29) is 6.10 Å². The molecule has 112 valence electrons. The molecule has 0 bridgehead atoms. The van der Waals surface area contributed by atoms with Crippen LogP contribution in [0, 0.1) is 0 Å². The van der Waals surface area contributed by atoms with Gasteiger partial charge in [0, 0.05) is 41.3 Å². The predicted molar refractivity (Wildman–Crippen MR) is 88.0 cm³/mol. The van der Waals surface area contributed by atoms with Crippen LogP contribution in [0.3, 0.4) is 0 Å². The molecule has 2 rings (SSSR count). The molecule has 1 N–H and O–H groups in total. The van der Waals surface area contributed by atoms with E-state index in [1.165, 1.54) is 0 Å². The molecule has 21 heavy (non-hydrogen) atoms. The molecule has 0 aliphatic rings. The van der Waals surface area contributed by atoms with E-state index < -0.39 is 10.8 Å². The molecule has 0 spiro atoms. The summed E-state index contributed by atoms with van der Waals surface area (Å²) in [4.78, 5) is 0.856. The van der Waals surface area contributed by atoms with Crippen LogP contribution >= 0.6 is 0 Å². The maximum absolute atomic E-state index is 11.3. The molecule has 0 aromatic heterocycles. The Bertz CT molecular complexity index is 610. The van der Waals surface area contributed by atoms with Crippen LogP contribution in [0.4, 0.5) is 5.69 Å². The summed E-state index contributed by atoms with van der Waals surface area (Å²) >= 11 is 0. The van der Waals surface area contributed by atoms with Crippen molar-refractivity contribution in [3.63, 3.8) is 0 Å². The Kier molecular flexibility index (Phi) is 5.53. The number of ether oxygens (including phenoxy) is 1. The summed E-state index contributed by atoms with van der Waals surface area (Å²) in [6, 6.07) is 16.1. The van der Waals surface area contributed by atoms with Crippen molar-refractivity contribution < 1.29 is 8.95 Å². The second-order valence-corrected chi connectivity index (χ2v) is 6.33. The molecule has 0 amide bonds. The van der Waals surface area contributed by atoms with E-state index in [0.29, 0.717) is 0 Å². The molecule has 0 saturated heterocycles. The van der Waals surface area contributed by atoms with Crippen molar-refractivity contribution in [2.45, 2.75) is 24.5 Å². The zero-order valence-electron chi connectivity index (χ0n) is 12.6. The van der Waals surface area contributed by atoms with Gasteiger partial charge in [-0.15, -0.1) is 0 Å². The summed E-state index contributed by atoms with van der Waals surface area (Å²) < 4.78 is 16.7. The maximum Gasteiger partial charge on any atom is 0.0793 e. The van der Waals surface area contributed by atoms with Crippen molar-refractivity contribution in [3.05, 3.63) is 59.7 Å². The first-order valence-corrected chi connectivity index (χ1v) is 8.45. The number of rotatable bonds is 6. The van der Waals surface area contributed by atoms with Gasteiger partial charge in [0.15, 0.2) is 0 Å². The van der Waals surface area contributed by atoms with Crippen molar-refractivity contribution in [2.24, 2.45) is 0 Å². The van der Waals surface area contributed by atoms with Crippen molar-refractivity contribution >= 4 is 16.5 Å². The highest BCUT2D eigenvalue weighted by atomic mass is 32.2. The highest BCUT2D eigenvalue weighted by Crippen LogP contribution is 2.20. The van der Waals surface area contributed by atoms with Gasteiger partial charge in [-0.1, -0.05) is 24.3 Å². The number of benzene rings is 2. The Morgan fingerprint density at radius 2 is 1.90 bits per heavy atom. The molecule has 0 aliphatic heterocycles. The van der Waals surface area contributed by atoms with E-state index in [9.17, 15) is 4.21 Å². The molecular formula is C17H21NO2S. The third kappa shape index (κ3) is 4.41. The molecule has 0 unspecified atom stereocenters. The van der Waals surface area contributed by atoms with E-state index in [1.54, 1.807) is 13.4 Å². The smallest absolute Gasteiger partial charge is 0.0793 e. The van der Waals surface area contributed by atoms with Crippen LogP contribution in [0.25, 0.3) is 0 Å². The van der Waals surface area contributed by atoms with E-state index in [2.05, 4.69) is 17.4 Å². The molecule has 0 aliphatic carbocycles. The van der Waals surface area contributed by atoms with Crippen molar-refractivity contribution in [1.82, 2.24) is 0 Å². The molecule has 2 aromatic carbocycles. The van der Waals surface area contributed by atoms with E-state index in [0.717, 1.165) is 28.3 Å². The predicted octanol–water partition coefficient (Wildman–Crippen LogP) is 3.74. The van der Waals surface area contributed by atoms with Crippen molar-refractivity contribution in [2.75, 3.05) is 18.7 Å². The number of methoxy groups -OCH3 is 1. The van der Waals surface area contributed by atoms with Gasteiger partial charge >= 0.3 is 0 Å². The summed E-state index contributed by atoms with van der Waals surface area (Å²) in [6.45, 7) is 2.77. The third-order valence-corrected chi connectivity index (χ3v) is 4.40. The van der Waals surface area contributed by atoms with Crippen LogP contribution in [0.15, 0.2) is 53.4 Å². The highest BCUT2D eigenvalue weighted by Gasteiger charge is 2.04. The summed E-state index contributed by atoms with van der Waals surface area (Å²) in [6.07, 6.45) is 1.78. The molecule has 2 aromatic rings. The standard InChI is InChI=1S/C17H21NO2S/c1-13(20-2)15-5-4-6-16(11-15)18-12-14-7-9-17(10-8-14)21(3)19/h4-11,13,18H,12H2,1-3H3/t13-,21+/m0/s1. The first kappa shape index (κ1) is 15.7. The van der Waals surface area contributed by atoms with Crippen molar-refractivity contribution in [3.8, 4) is 0 Å². The van der Waals surface area contributed by atoms with Crippen LogP contribution in [0.5, 0.6) is 0 Å². The van der Waals surface area contributed by atoms with Gasteiger partial charge in [-0.05, 0) is 42.3 Å². The van der Waals surface area contributed by atoms with E-state index in [1.807, 2.05) is 43.3 Å². The lowest BCUT2D eigenvalue weighted by molar-refractivity contribution is 0.119. The van der Waals surface area contributed by atoms with Crippen LogP contribution in [0.1, 0.15) is 24.2 Å². The van der Waals surface area contributed by atoms with Gasteiger partial charge in [0.1, 0.15) is 0 Å². The monoisotopic (exact) mass is 303 g/mol. The molecule has 0 saturated carbocycles. The second kappa shape index (κ2) is 7.38. The third-order valence-electron chi connectivity index (χ3n) is 3.46. The van der Waals surface area contributed by atoms with Gasteiger partial charge in [0.05, 0.1) is 6.10 Å². The quantitative estimate of drug-likeness (QED) is 0.883. The molecule has 4 heteroatoms. The minimum atomic E-state index is -0.921. The Morgan fingerprint density at radius 3 is 2.52 bits per heavy atom. The van der Waals surface area contributed by atoms with Gasteiger partial charge in [0.2, 0.25) is 0 Å². The number of anilines is 1. The van der Waals surface area contributed by atoms with Crippen molar-refractivity contribution in [1.29, 1.82) is 0 Å². The fourth-order valence-electron chi connectivity index (χ4n) is 2.04. The average Bonchev–Trinajstić information content (AvgIpc) is 2.52. The molecule has 0 heterocycles. The summed E-state index contributed by atoms with van der Waals surface area (Å²) in [5.74, 6) is 0. The molecule has 0 radical (unpaired) electrons. The minimum Gasteiger partial charge on any atom is -0.381 e. The van der Waals surface area contributed by atoms with Crippen LogP contribution in [0.2, 0.25) is 0 Å².